The minimum absolute atomic E-state index is 0.387. The molecule has 0 aliphatic rings. The SMILES string of the molecule is CNC(C)c1cnc(Cc2ccccc2C)s1. The summed E-state index contributed by atoms with van der Waals surface area (Å²) in [5.41, 5.74) is 2.71. The van der Waals surface area contributed by atoms with Crippen LogP contribution in [0.15, 0.2) is 30.5 Å². The van der Waals surface area contributed by atoms with Crippen LogP contribution in [0.1, 0.15) is 34.0 Å². The molecular formula is C14H18N2S. The van der Waals surface area contributed by atoms with Gasteiger partial charge in [-0.15, -0.1) is 11.3 Å². The van der Waals surface area contributed by atoms with Crippen molar-refractivity contribution in [2.75, 3.05) is 7.05 Å². The van der Waals surface area contributed by atoms with Crippen molar-refractivity contribution in [1.82, 2.24) is 10.3 Å². The lowest BCUT2D eigenvalue weighted by Gasteiger charge is -2.05. The molecule has 0 aliphatic heterocycles. The predicted molar refractivity (Wildman–Crippen MR) is 73.6 cm³/mol. The van der Waals surface area contributed by atoms with E-state index in [1.807, 2.05) is 13.2 Å². The fourth-order valence-electron chi connectivity index (χ4n) is 1.72. The zero-order chi connectivity index (χ0) is 12.3. The number of hydrogen-bond donors (Lipinski definition) is 1. The normalized spacial score (nSPS) is 12.6. The highest BCUT2D eigenvalue weighted by Gasteiger charge is 2.08. The molecule has 2 nitrogen and oxygen atoms in total. The van der Waals surface area contributed by atoms with E-state index in [1.54, 1.807) is 11.3 Å². The van der Waals surface area contributed by atoms with Crippen molar-refractivity contribution < 1.29 is 0 Å². The Kier molecular flexibility index (Phi) is 3.92. The van der Waals surface area contributed by atoms with Crippen molar-refractivity contribution in [3.8, 4) is 0 Å². The second-order valence-electron chi connectivity index (χ2n) is 4.27. The molecule has 1 heterocycles. The van der Waals surface area contributed by atoms with E-state index in [2.05, 4.69) is 48.4 Å². The minimum atomic E-state index is 0.387. The number of aryl methyl sites for hydroxylation is 1. The summed E-state index contributed by atoms with van der Waals surface area (Å²) in [6.07, 6.45) is 2.92. The Bertz CT molecular complexity index is 490. The number of hydrogen-bond acceptors (Lipinski definition) is 3. The summed E-state index contributed by atoms with van der Waals surface area (Å²) in [7, 11) is 1.98. The third-order valence-corrected chi connectivity index (χ3v) is 4.21. The number of nitrogens with one attached hydrogen (secondary N) is 1. The molecule has 1 N–H and O–H groups in total. The summed E-state index contributed by atoms with van der Waals surface area (Å²) in [4.78, 5) is 5.80. The van der Waals surface area contributed by atoms with E-state index in [-0.39, 0.29) is 0 Å². The van der Waals surface area contributed by atoms with Crippen molar-refractivity contribution in [3.05, 3.63) is 51.5 Å². The zero-order valence-electron chi connectivity index (χ0n) is 10.5. The number of rotatable bonds is 4. The molecule has 0 radical (unpaired) electrons. The van der Waals surface area contributed by atoms with Gasteiger partial charge in [0, 0.05) is 23.5 Å². The van der Waals surface area contributed by atoms with Crippen LogP contribution in [0, 0.1) is 6.92 Å². The quantitative estimate of drug-likeness (QED) is 0.895. The van der Waals surface area contributed by atoms with Gasteiger partial charge in [-0.25, -0.2) is 4.98 Å². The van der Waals surface area contributed by atoms with Crippen LogP contribution in [-0.4, -0.2) is 12.0 Å². The average Bonchev–Trinajstić information content (AvgIpc) is 2.80. The lowest BCUT2D eigenvalue weighted by molar-refractivity contribution is 0.662. The van der Waals surface area contributed by atoms with Crippen LogP contribution in [0.5, 0.6) is 0 Å². The molecule has 2 rings (SSSR count). The predicted octanol–water partition coefficient (Wildman–Crippen LogP) is 3.32. The first-order valence-electron chi connectivity index (χ1n) is 5.87. The van der Waals surface area contributed by atoms with Gasteiger partial charge in [0.1, 0.15) is 0 Å². The molecule has 0 saturated heterocycles. The van der Waals surface area contributed by atoms with Crippen LogP contribution >= 0.6 is 11.3 Å². The topological polar surface area (TPSA) is 24.9 Å². The van der Waals surface area contributed by atoms with Gasteiger partial charge in [-0.3, -0.25) is 0 Å². The highest BCUT2D eigenvalue weighted by Crippen LogP contribution is 2.23. The summed E-state index contributed by atoms with van der Waals surface area (Å²) >= 11 is 1.80. The minimum Gasteiger partial charge on any atom is -0.312 e. The van der Waals surface area contributed by atoms with E-state index in [1.165, 1.54) is 21.0 Å². The van der Waals surface area contributed by atoms with E-state index in [9.17, 15) is 0 Å². The molecule has 1 unspecified atom stereocenters. The van der Waals surface area contributed by atoms with Crippen molar-refractivity contribution in [1.29, 1.82) is 0 Å². The molecular weight excluding hydrogens is 228 g/mol. The molecule has 1 atom stereocenters. The molecule has 1 aromatic carbocycles. The number of aromatic nitrogens is 1. The molecule has 0 aliphatic carbocycles. The van der Waals surface area contributed by atoms with Crippen molar-refractivity contribution in [3.63, 3.8) is 0 Å². The van der Waals surface area contributed by atoms with E-state index in [4.69, 9.17) is 0 Å². The van der Waals surface area contributed by atoms with Crippen LogP contribution in [0.25, 0.3) is 0 Å². The zero-order valence-corrected chi connectivity index (χ0v) is 11.3. The first-order chi connectivity index (χ1) is 8.20. The average molecular weight is 246 g/mol. The molecule has 1 aromatic heterocycles. The lowest BCUT2D eigenvalue weighted by Crippen LogP contribution is -2.10. The van der Waals surface area contributed by atoms with Gasteiger partial charge in [0.15, 0.2) is 0 Å². The van der Waals surface area contributed by atoms with Crippen LogP contribution in [0.3, 0.4) is 0 Å². The molecule has 0 bridgehead atoms. The van der Waals surface area contributed by atoms with Crippen molar-refractivity contribution in [2.24, 2.45) is 0 Å². The summed E-state index contributed by atoms with van der Waals surface area (Å²) in [6, 6.07) is 8.89. The third-order valence-electron chi connectivity index (χ3n) is 3.03. The molecule has 90 valence electrons. The van der Waals surface area contributed by atoms with Crippen molar-refractivity contribution in [2.45, 2.75) is 26.3 Å². The Hall–Kier alpha value is -1.19. The van der Waals surface area contributed by atoms with Gasteiger partial charge in [-0.1, -0.05) is 24.3 Å². The number of thiazole rings is 1. The van der Waals surface area contributed by atoms with E-state index in [0.717, 1.165) is 6.42 Å². The smallest absolute Gasteiger partial charge is 0.0972 e. The highest BCUT2D eigenvalue weighted by atomic mass is 32.1. The summed E-state index contributed by atoms with van der Waals surface area (Å²) < 4.78 is 0. The summed E-state index contributed by atoms with van der Waals surface area (Å²) in [5, 5.41) is 4.43. The van der Waals surface area contributed by atoms with Gasteiger partial charge in [-0.05, 0) is 32.0 Å². The van der Waals surface area contributed by atoms with Crippen LogP contribution in [-0.2, 0) is 6.42 Å². The summed E-state index contributed by atoms with van der Waals surface area (Å²) in [6.45, 7) is 4.31. The first-order valence-corrected chi connectivity index (χ1v) is 6.68. The Morgan fingerprint density at radius 2 is 2.12 bits per heavy atom. The van der Waals surface area contributed by atoms with Gasteiger partial charge >= 0.3 is 0 Å². The molecule has 0 spiro atoms. The monoisotopic (exact) mass is 246 g/mol. The van der Waals surface area contributed by atoms with Gasteiger partial charge in [0.25, 0.3) is 0 Å². The second-order valence-corrected chi connectivity index (χ2v) is 5.42. The first kappa shape index (κ1) is 12.3. The Balaban J connectivity index is 2.14. The second kappa shape index (κ2) is 5.43. The van der Waals surface area contributed by atoms with E-state index in [0.29, 0.717) is 6.04 Å². The molecule has 3 heteroatoms. The fourth-order valence-corrected chi connectivity index (χ4v) is 2.73. The van der Waals surface area contributed by atoms with Crippen LogP contribution in [0.4, 0.5) is 0 Å². The van der Waals surface area contributed by atoms with Gasteiger partial charge in [0.05, 0.1) is 5.01 Å². The van der Waals surface area contributed by atoms with Gasteiger partial charge in [-0.2, -0.15) is 0 Å². The van der Waals surface area contributed by atoms with Crippen LogP contribution < -0.4 is 5.32 Å². The number of nitrogens with zero attached hydrogens (tertiary/aromatic N) is 1. The molecule has 0 amide bonds. The maximum Gasteiger partial charge on any atom is 0.0972 e. The molecule has 17 heavy (non-hydrogen) atoms. The van der Waals surface area contributed by atoms with Crippen LogP contribution in [0.2, 0.25) is 0 Å². The lowest BCUT2D eigenvalue weighted by atomic mass is 10.1. The Labute approximate surface area is 107 Å². The Morgan fingerprint density at radius 3 is 2.82 bits per heavy atom. The molecule has 0 fully saturated rings. The Morgan fingerprint density at radius 1 is 1.35 bits per heavy atom. The maximum absolute atomic E-state index is 4.50. The van der Waals surface area contributed by atoms with E-state index >= 15 is 0 Å². The number of benzene rings is 1. The highest BCUT2D eigenvalue weighted by molar-refractivity contribution is 7.11. The fraction of sp³-hybridized carbons (Fsp3) is 0.357. The standard InChI is InChI=1S/C14H18N2S/c1-10-6-4-5-7-12(10)8-14-16-9-13(17-14)11(2)15-3/h4-7,9,11,15H,8H2,1-3H3. The largest absolute Gasteiger partial charge is 0.312 e. The van der Waals surface area contributed by atoms with Gasteiger partial charge < -0.3 is 5.32 Å². The molecule has 0 saturated carbocycles. The van der Waals surface area contributed by atoms with Gasteiger partial charge in [0.2, 0.25) is 0 Å². The maximum atomic E-state index is 4.50. The summed E-state index contributed by atoms with van der Waals surface area (Å²) in [5.74, 6) is 0. The molecule has 2 aromatic rings. The van der Waals surface area contributed by atoms with E-state index < -0.39 is 0 Å². The third kappa shape index (κ3) is 2.93. The van der Waals surface area contributed by atoms with Crippen molar-refractivity contribution >= 4 is 11.3 Å².